The van der Waals surface area contributed by atoms with Crippen LogP contribution in [0.5, 0.6) is 11.5 Å². The molecule has 0 aliphatic heterocycles. The topological polar surface area (TPSA) is 59.9 Å². The molecule has 1 aliphatic rings. The monoisotopic (exact) mass is 606 g/mol. The van der Waals surface area contributed by atoms with Gasteiger partial charge < -0.3 is 14.8 Å². The number of carbonyl (C=O) groups is 1. The third kappa shape index (κ3) is 6.40. The number of ether oxygens (including phenoxy) is 2. The number of methoxy groups -OCH3 is 1. The Bertz CT molecular complexity index is 1500. The van der Waals surface area contributed by atoms with Gasteiger partial charge in [0.1, 0.15) is 17.4 Å². The van der Waals surface area contributed by atoms with Gasteiger partial charge in [-0.05, 0) is 76.5 Å². The molecule has 0 spiro atoms. The Labute approximate surface area is 239 Å². The first-order valence-corrected chi connectivity index (χ1v) is 14.4. The van der Waals surface area contributed by atoms with E-state index in [1.807, 2.05) is 42.5 Å². The number of benzene rings is 3. The molecule has 5 nitrogen and oxygen atoms in total. The summed E-state index contributed by atoms with van der Waals surface area (Å²) in [7, 11) is 1.56. The second kappa shape index (κ2) is 12.6. The normalized spacial score (nSPS) is 12.8. The van der Waals surface area contributed by atoms with Gasteiger partial charge in [-0.15, -0.1) is 11.3 Å². The number of amides is 1. The van der Waals surface area contributed by atoms with Crippen LogP contribution >= 0.6 is 27.3 Å². The van der Waals surface area contributed by atoms with E-state index in [4.69, 9.17) is 14.5 Å². The zero-order valence-electron chi connectivity index (χ0n) is 21.5. The molecule has 0 unspecified atom stereocenters. The second-order valence-electron chi connectivity index (χ2n) is 9.23. The van der Waals surface area contributed by atoms with Crippen LogP contribution in [0.15, 0.2) is 76.2 Å². The van der Waals surface area contributed by atoms with Gasteiger partial charge in [0.15, 0.2) is 11.5 Å². The summed E-state index contributed by atoms with van der Waals surface area (Å²) in [5.74, 6) is 0.554. The van der Waals surface area contributed by atoms with Crippen molar-refractivity contribution in [2.45, 2.75) is 38.8 Å². The van der Waals surface area contributed by atoms with Crippen LogP contribution in [0.1, 0.15) is 50.3 Å². The van der Waals surface area contributed by atoms with Crippen LogP contribution in [0.3, 0.4) is 0 Å². The number of aryl methyl sites for hydroxylation is 1. The number of hydrogen-bond donors (Lipinski definition) is 1. The lowest BCUT2D eigenvalue weighted by Gasteiger charge is -2.14. The maximum absolute atomic E-state index is 14.0. The Hall–Kier alpha value is -3.49. The van der Waals surface area contributed by atoms with E-state index in [-0.39, 0.29) is 18.3 Å². The summed E-state index contributed by atoms with van der Waals surface area (Å²) in [6.07, 6.45) is 5.80. The number of halogens is 2. The van der Waals surface area contributed by atoms with Crippen LogP contribution in [-0.2, 0) is 26.0 Å². The SMILES string of the molecule is COc1cc(C=Nc2sc3c(c2C(=O)NCc2ccccc2)CCCC3)cc(Br)c1OCc1ccccc1F. The van der Waals surface area contributed by atoms with Gasteiger partial charge in [-0.3, -0.25) is 4.79 Å². The third-order valence-electron chi connectivity index (χ3n) is 6.59. The summed E-state index contributed by atoms with van der Waals surface area (Å²) >= 11 is 5.16. The summed E-state index contributed by atoms with van der Waals surface area (Å²) in [5.41, 5.74) is 4.09. The molecule has 0 bridgehead atoms. The van der Waals surface area contributed by atoms with Gasteiger partial charge in [0.2, 0.25) is 0 Å². The van der Waals surface area contributed by atoms with E-state index in [9.17, 15) is 9.18 Å². The van der Waals surface area contributed by atoms with Crippen LogP contribution in [0.4, 0.5) is 9.39 Å². The maximum Gasteiger partial charge on any atom is 0.254 e. The first-order chi connectivity index (χ1) is 19.0. The summed E-state index contributed by atoms with van der Waals surface area (Å²) < 4.78 is 26.2. The average Bonchev–Trinajstić information content (AvgIpc) is 3.34. The molecule has 4 aromatic rings. The number of thiophene rings is 1. The average molecular weight is 608 g/mol. The van der Waals surface area contributed by atoms with E-state index in [0.29, 0.717) is 38.6 Å². The van der Waals surface area contributed by atoms with Gasteiger partial charge in [-0.1, -0.05) is 48.5 Å². The quantitative estimate of drug-likeness (QED) is 0.198. The number of hydrogen-bond acceptors (Lipinski definition) is 5. The molecule has 0 saturated heterocycles. The number of nitrogens with one attached hydrogen (secondary N) is 1. The van der Waals surface area contributed by atoms with E-state index >= 15 is 0 Å². The van der Waals surface area contributed by atoms with Crippen molar-refractivity contribution in [2.24, 2.45) is 4.99 Å². The molecule has 1 amide bonds. The van der Waals surface area contributed by atoms with Gasteiger partial charge in [0, 0.05) is 23.2 Å². The highest BCUT2D eigenvalue weighted by atomic mass is 79.9. The fraction of sp³-hybridized carbons (Fsp3) is 0.226. The number of rotatable bonds is 9. The van der Waals surface area contributed by atoms with E-state index in [1.54, 1.807) is 42.9 Å². The molecular formula is C31H28BrFN2O3S. The Balaban J connectivity index is 1.38. The molecule has 1 heterocycles. The predicted octanol–water partition coefficient (Wildman–Crippen LogP) is 7.80. The minimum atomic E-state index is -0.321. The molecule has 1 N–H and O–H groups in total. The molecule has 8 heteroatoms. The molecule has 0 saturated carbocycles. The zero-order chi connectivity index (χ0) is 27.2. The summed E-state index contributed by atoms with van der Waals surface area (Å²) in [6.45, 7) is 0.531. The molecule has 39 heavy (non-hydrogen) atoms. The first kappa shape index (κ1) is 27.1. The zero-order valence-corrected chi connectivity index (χ0v) is 23.9. The number of fused-ring (bicyclic) bond motifs is 1. The Morgan fingerprint density at radius 1 is 1.10 bits per heavy atom. The Kier molecular flexibility index (Phi) is 8.74. The number of nitrogens with zero attached hydrogens (tertiary/aromatic N) is 1. The largest absolute Gasteiger partial charge is 0.493 e. The molecule has 0 atom stereocenters. The third-order valence-corrected chi connectivity index (χ3v) is 8.38. The fourth-order valence-corrected chi connectivity index (χ4v) is 6.40. The van der Waals surface area contributed by atoms with Crippen LogP contribution in [0.25, 0.3) is 0 Å². The summed E-state index contributed by atoms with van der Waals surface area (Å²) in [5, 5.41) is 3.79. The Morgan fingerprint density at radius 2 is 1.87 bits per heavy atom. The first-order valence-electron chi connectivity index (χ1n) is 12.8. The Morgan fingerprint density at radius 3 is 2.67 bits per heavy atom. The van der Waals surface area contributed by atoms with Crippen molar-refractivity contribution in [3.05, 3.63) is 110 Å². The minimum absolute atomic E-state index is 0.0667. The molecule has 200 valence electrons. The molecule has 0 fully saturated rings. The maximum atomic E-state index is 14.0. The van der Waals surface area contributed by atoms with Gasteiger partial charge in [-0.2, -0.15) is 0 Å². The van der Waals surface area contributed by atoms with Gasteiger partial charge in [-0.25, -0.2) is 9.38 Å². The van der Waals surface area contributed by atoms with Crippen molar-refractivity contribution >= 4 is 44.4 Å². The van der Waals surface area contributed by atoms with Crippen molar-refractivity contribution in [3.8, 4) is 11.5 Å². The van der Waals surface area contributed by atoms with Crippen LogP contribution in [0.2, 0.25) is 0 Å². The van der Waals surface area contributed by atoms with Crippen LogP contribution < -0.4 is 14.8 Å². The standard InChI is InChI=1S/C31H28BrFN2O3S/c1-37-26-16-21(15-24(32)29(26)38-19-22-11-5-7-13-25(22)33)18-35-31-28(23-12-6-8-14-27(23)39-31)30(36)34-17-20-9-3-2-4-10-20/h2-5,7,9-11,13,15-16,18H,6,8,12,14,17,19H2,1H3,(H,34,36). The van der Waals surface area contributed by atoms with Crippen molar-refractivity contribution in [2.75, 3.05) is 7.11 Å². The van der Waals surface area contributed by atoms with E-state index < -0.39 is 0 Å². The van der Waals surface area contributed by atoms with Crippen molar-refractivity contribution in [3.63, 3.8) is 0 Å². The minimum Gasteiger partial charge on any atom is -0.493 e. The van der Waals surface area contributed by atoms with E-state index in [1.165, 1.54) is 10.9 Å². The highest BCUT2D eigenvalue weighted by molar-refractivity contribution is 9.10. The van der Waals surface area contributed by atoms with Gasteiger partial charge in [0.05, 0.1) is 17.1 Å². The van der Waals surface area contributed by atoms with Crippen LogP contribution in [0, 0.1) is 5.82 Å². The van der Waals surface area contributed by atoms with Gasteiger partial charge >= 0.3 is 0 Å². The predicted molar refractivity (Wildman–Crippen MR) is 157 cm³/mol. The number of carbonyl (C=O) groups excluding carboxylic acids is 1. The smallest absolute Gasteiger partial charge is 0.254 e. The highest BCUT2D eigenvalue weighted by Gasteiger charge is 2.25. The second-order valence-corrected chi connectivity index (χ2v) is 11.2. The lowest BCUT2D eigenvalue weighted by Crippen LogP contribution is -2.24. The molecule has 3 aromatic carbocycles. The number of aliphatic imine (C=N–C) groups is 1. The lowest BCUT2D eigenvalue weighted by atomic mass is 9.95. The molecule has 5 rings (SSSR count). The molecule has 1 aliphatic carbocycles. The fourth-order valence-electron chi connectivity index (χ4n) is 4.60. The summed E-state index contributed by atoms with van der Waals surface area (Å²) in [4.78, 5) is 19.4. The molecule has 1 aromatic heterocycles. The van der Waals surface area contributed by atoms with Crippen molar-refractivity contribution in [1.82, 2.24) is 5.32 Å². The highest BCUT2D eigenvalue weighted by Crippen LogP contribution is 2.41. The van der Waals surface area contributed by atoms with Crippen molar-refractivity contribution in [1.29, 1.82) is 0 Å². The van der Waals surface area contributed by atoms with Crippen LogP contribution in [-0.4, -0.2) is 19.2 Å². The lowest BCUT2D eigenvalue weighted by molar-refractivity contribution is 0.0951. The summed E-state index contributed by atoms with van der Waals surface area (Å²) in [6, 6.07) is 20.1. The molecular weight excluding hydrogens is 579 g/mol. The van der Waals surface area contributed by atoms with Crippen molar-refractivity contribution < 1.29 is 18.7 Å². The molecule has 0 radical (unpaired) electrons. The van der Waals surface area contributed by atoms with Gasteiger partial charge in [0.25, 0.3) is 5.91 Å². The van der Waals surface area contributed by atoms with E-state index in [2.05, 4.69) is 21.2 Å². The van der Waals surface area contributed by atoms with E-state index in [0.717, 1.165) is 42.4 Å².